The lowest BCUT2D eigenvalue weighted by molar-refractivity contribution is -0.0203. The Morgan fingerprint density at radius 2 is 1.95 bits per heavy atom. The molecule has 1 aromatic carbocycles. The van der Waals surface area contributed by atoms with Crippen LogP contribution in [-0.2, 0) is 16.1 Å². The van der Waals surface area contributed by atoms with Crippen molar-refractivity contribution in [1.29, 1.82) is 0 Å². The van der Waals surface area contributed by atoms with Gasteiger partial charge in [0.05, 0.1) is 25.4 Å². The van der Waals surface area contributed by atoms with Crippen LogP contribution < -0.4 is 5.32 Å². The first-order chi connectivity index (χ1) is 9.94. The zero-order valence-corrected chi connectivity index (χ0v) is 14.0. The van der Waals surface area contributed by atoms with E-state index in [9.17, 15) is 0 Å². The number of nitrogens with one attached hydrogen (secondary N) is 1. The molecule has 0 aliphatic carbocycles. The molecule has 21 heavy (non-hydrogen) atoms. The highest BCUT2D eigenvalue weighted by molar-refractivity contribution is 6.31. The maximum atomic E-state index is 6.11. The topological polar surface area (TPSA) is 30.5 Å². The molecule has 1 fully saturated rings. The first-order valence-corrected chi connectivity index (χ1v) is 8.03. The summed E-state index contributed by atoms with van der Waals surface area (Å²) in [6.45, 7) is 8.61. The number of ether oxygens (including phenoxy) is 2. The summed E-state index contributed by atoms with van der Waals surface area (Å²) in [5, 5.41) is 4.25. The summed E-state index contributed by atoms with van der Waals surface area (Å²) in [4.78, 5) is 0. The van der Waals surface area contributed by atoms with Crippen LogP contribution in [0, 0.1) is 0 Å². The fourth-order valence-electron chi connectivity index (χ4n) is 2.39. The van der Waals surface area contributed by atoms with E-state index in [2.05, 4.69) is 26.1 Å². The minimum absolute atomic E-state index is 0.141. The molecule has 2 rings (SSSR count). The van der Waals surface area contributed by atoms with Gasteiger partial charge in [-0.1, -0.05) is 29.8 Å². The monoisotopic (exact) mass is 311 g/mol. The Hall–Kier alpha value is -0.610. The summed E-state index contributed by atoms with van der Waals surface area (Å²) in [7, 11) is 0. The Bertz CT molecular complexity index is 445. The Balaban J connectivity index is 1.66. The second kappa shape index (κ2) is 7.59. The van der Waals surface area contributed by atoms with Crippen molar-refractivity contribution in [3.8, 4) is 0 Å². The SMILES string of the molecule is CC(C)(C)NCC1CCC(COCc2ccccc2Cl)O1. The molecule has 1 aliphatic heterocycles. The third kappa shape index (κ3) is 5.95. The van der Waals surface area contributed by atoms with E-state index < -0.39 is 0 Å². The summed E-state index contributed by atoms with van der Waals surface area (Å²) < 4.78 is 11.8. The molecule has 118 valence electrons. The quantitative estimate of drug-likeness (QED) is 0.867. The van der Waals surface area contributed by atoms with Crippen molar-refractivity contribution in [3.63, 3.8) is 0 Å². The number of halogens is 1. The van der Waals surface area contributed by atoms with Gasteiger partial charge in [0.1, 0.15) is 0 Å². The molecule has 1 heterocycles. The summed E-state index contributed by atoms with van der Waals surface area (Å²) in [5.41, 5.74) is 1.17. The van der Waals surface area contributed by atoms with Crippen LogP contribution in [0.4, 0.5) is 0 Å². The average Bonchev–Trinajstić information content (AvgIpc) is 2.86. The van der Waals surface area contributed by atoms with Crippen LogP contribution in [0.5, 0.6) is 0 Å². The van der Waals surface area contributed by atoms with Crippen molar-refractivity contribution in [2.45, 2.75) is 58.0 Å². The van der Waals surface area contributed by atoms with Crippen LogP contribution >= 0.6 is 11.6 Å². The molecular weight excluding hydrogens is 286 g/mol. The van der Waals surface area contributed by atoms with Gasteiger partial charge in [0.2, 0.25) is 0 Å². The maximum absolute atomic E-state index is 6.11. The Morgan fingerprint density at radius 3 is 2.67 bits per heavy atom. The third-order valence-electron chi connectivity index (χ3n) is 3.57. The van der Waals surface area contributed by atoms with Crippen molar-refractivity contribution in [2.24, 2.45) is 0 Å². The van der Waals surface area contributed by atoms with Gasteiger partial charge in [-0.15, -0.1) is 0 Å². The van der Waals surface area contributed by atoms with Crippen LogP contribution in [0.15, 0.2) is 24.3 Å². The second-order valence-corrected chi connectivity index (χ2v) is 7.10. The molecule has 0 saturated carbocycles. The molecule has 0 spiro atoms. The fraction of sp³-hybridized carbons (Fsp3) is 0.647. The van der Waals surface area contributed by atoms with Gasteiger partial charge in [0.25, 0.3) is 0 Å². The van der Waals surface area contributed by atoms with E-state index in [0.29, 0.717) is 19.3 Å². The summed E-state index contributed by atoms with van der Waals surface area (Å²) in [5.74, 6) is 0. The third-order valence-corrected chi connectivity index (χ3v) is 3.94. The smallest absolute Gasteiger partial charge is 0.0814 e. The van der Waals surface area contributed by atoms with E-state index in [1.54, 1.807) is 0 Å². The molecular formula is C17H26ClNO2. The van der Waals surface area contributed by atoms with Crippen molar-refractivity contribution in [2.75, 3.05) is 13.2 Å². The van der Waals surface area contributed by atoms with Gasteiger partial charge in [-0.05, 0) is 45.2 Å². The summed E-state index contributed by atoms with van der Waals surface area (Å²) in [6.07, 6.45) is 2.68. The van der Waals surface area contributed by atoms with Gasteiger partial charge < -0.3 is 14.8 Å². The van der Waals surface area contributed by atoms with E-state index in [-0.39, 0.29) is 11.6 Å². The van der Waals surface area contributed by atoms with E-state index >= 15 is 0 Å². The predicted molar refractivity (Wildman–Crippen MR) is 86.8 cm³/mol. The Kier molecular flexibility index (Phi) is 6.06. The number of hydrogen-bond donors (Lipinski definition) is 1. The molecule has 1 saturated heterocycles. The lowest BCUT2D eigenvalue weighted by Gasteiger charge is -2.23. The van der Waals surface area contributed by atoms with Crippen LogP contribution in [0.3, 0.4) is 0 Å². The van der Waals surface area contributed by atoms with E-state index in [4.69, 9.17) is 21.1 Å². The molecule has 1 N–H and O–H groups in total. The molecule has 0 radical (unpaired) electrons. The minimum Gasteiger partial charge on any atom is -0.374 e. The number of hydrogen-bond acceptors (Lipinski definition) is 3. The van der Waals surface area contributed by atoms with E-state index in [0.717, 1.165) is 30.0 Å². The molecule has 0 amide bonds. The summed E-state index contributed by atoms with van der Waals surface area (Å²) in [6, 6.07) is 7.79. The molecule has 4 heteroatoms. The number of rotatable bonds is 6. The van der Waals surface area contributed by atoms with Gasteiger partial charge in [-0.25, -0.2) is 0 Å². The molecule has 0 aromatic heterocycles. The average molecular weight is 312 g/mol. The van der Waals surface area contributed by atoms with Crippen LogP contribution in [0.1, 0.15) is 39.2 Å². The second-order valence-electron chi connectivity index (χ2n) is 6.69. The number of benzene rings is 1. The minimum atomic E-state index is 0.141. The largest absolute Gasteiger partial charge is 0.374 e. The maximum Gasteiger partial charge on any atom is 0.0814 e. The zero-order valence-electron chi connectivity index (χ0n) is 13.2. The van der Waals surface area contributed by atoms with E-state index in [1.165, 1.54) is 0 Å². The fourth-order valence-corrected chi connectivity index (χ4v) is 2.58. The van der Waals surface area contributed by atoms with Crippen LogP contribution in [0.2, 0.25) is 5.02 Å². The van der Waals surface area contributed by atoms with Crippen molar-refractivity contribution in [3.05, 3.63) is 34.9 Å². The van der Waals surface area contributed by atoms with Crippen molar-refractivity contribution in [1.82, 2.24) is 5.32 Å². The molecule has 2 unspecified atom stereocenters. The normalized spacial score (nSPS) is 22.7. The van der Waals surface area contributed by atoms with Crippen LogP contribution in [-0.4, -0.2) is 30.9 Å². The first-order valence-electron chi connectivity index (χ1n) is 7.66. The molecule has 1 aromatic rings. The standard InChI is InChI=1S/C17H26ClNO2/c1-17(2,3)19-10-14-8-9-15(21-14)12-20-11-13-6-4-5-7-16(13)18/h4-7,14-15,19H,8-12H2,1-3H3. The van der Waals surface area contributed by atoms with Gasteiger partial charge in [-0.2, -0.15) is 0 Å². The van der Waals surface area contributed by atoms with Crippen LogP contribution in [0.25, 0.3) is 0 Å². The molecule has 1 aliphatic rings. The highest BCUT2D eigenvalue weighted by Gasteiger charge is 2.26. The van der Waals surface area contributed by atoms with Gasteiger partial charge in [-0.3, -0.25) is 0 Å². The lowest BCUT2D eigenvalue weighted by Crippen LogP contribution is -2.41. The first kappa shape index (κ1) is 16.8. The molecule has 2 atom stereocenters. The van der Waals surface area contributed by atoms with Gasteiger partial charge >= 0.3 is 0 Å². The highest BCUT2D eigenvalue weighted by atomic mass is 35.5. The molecule has 3 nitrogen and oxygen atoms in total. The zero-order chi connectivity index (χ0) is 15.3. The highest BCUT2D eigenvalue weighted by Crippen LogP contribution is 2.21. The van der Waals surface area contributed by atoms with Crippen molar-refractivity contribution < 1.29 is 9.47 Å². The predicted octanol–water partition coefficient (Wildman–Crippen LogP) is 3.79. The van der Waals surface area contributed by atoms with Gasteiger partial charge in [0.15, 0.2) is 0 Å². The van der Waals surface area contributed by atoms with Crippen molar-refractivity contribution >= 4 is 11.6 Å². The summed E-state index contributed by atoms with van der Waals surface area (Å²) >= 11 is 6.11. The lowest BCUT2D eigenvalue weighted by atomic mass is 10.1. The van der Waals surface area contributed by atoms with Gasteiger partial charge in [0, 0.05) is 17.1 Å². The Morgan fingerprint density at radius 1 is 1.24 bits per heavy atom. The van der Waals surface area contributed by atoms with E-state index in [1.807, 2.05) is 24.3 Å². The Labute approximate surface area is 133 Å². The molecule has 0 bridgehead atoms.